The van der Waals surface area contributed by atoms with Crippen molar-refractivity contribution in [3.63, 3.8) is 0 Å². The first-order valence-electron chi connectivity index (χ1n) is 13.7. The molecule has 6 heteroatoms. The quantitative estimate of drug-likeness (QED) is 0.613. The van der Waals surface area contributed by atoms with Crippen molar-refractivity contribution < 1.29 is 20.1 Å². The SMILES string of the molecule is CC(C)N1c2cc(O)c(C3=C([O-])/C(=c4/cc5c(cc4O)=[N+](C(C)C)C(C)C5(C)C)C3=O)cc2C(C)(C)C1C. The van der Waals surface area contributed by atoms with E-state index in [2.05, 4.69) is 78.7 Å². The molecule has 0 fully saturated rings. The summed E-state index contributed by atoms with van der Waals surface area (Å²) in [6, 6.07) is 7.86. The van der Waals surface area contributed by atoms with Gasteiger partial charge in [0.15, 0.2) is 11.8 Å². The molecule has 2 unspecified atom stereocenters. The lowest BCUT2D eigenvalue weighted by molar-refractivity contribution is -0.293. The number of benzene rings is 2. The topological polar surface area (TPSA) is 86.8 Å². The number of carbonyl (C=O) groups excluding carboxylic acids is 1. The third kappa shape index (κ3) is 3.25. The van der Waals surface area contributed by atoms with Crippen molar-refractivity contribution in [2.75, 3.05) is 4.90 Å². The van der Waals surface area contributed by atoms with Gasteiger partial charge in [0.2, 0.25) is 5.36 Å². The normalized spacial score (nSPS) is 24.9. The smallest absolute Gasteiger partial charge is 0.208 e. The minimum absolute atomic E-state index is 0.0110. The van der Waals surface area contributed by atoms with Crippen LogP contribution in [0.3, 0.4) is 0 Å². The Morgan fingerprint density at radius 3 is 2.08 bits per heavy atom. The molecule has 202 valence electrons. The zero-order valence-electron chi connectivity index (χ0n) is 24.2. The van der Waals surface area contributed by atoms with E-state index in [0.29, 0.717) is 0 Å². The van der Waals surface area contributed by atoms with Crippen molar-refractivity contribution in [2.45, 2.75) is 104 Å². The molecule has 3 aliphatic rings. The van der Waals surface area contributed by atoms with Gasteiger partial charge in [-0.25, -0.2) is 4.58 Å². The molecule has 2 N–H and O–H groups in total. The molecule has 1 aliphatic carbocycles. The van der Waals surface area contributed by atoms with Crippen LogP contribution >= 0.6 is 0 Å². The fraction of sp³-hybridized carbons (Fsp3) is 0.500. The number of hydrogen-bond acceptors (Lipinski definition) is 5. The van der Waals surface area contributed by atoms with Gasteiger partial charge in [0.1, 0.15) is 17.5 Å². The number of Topliss-reactive ketones (excluding diaryl/α,β-unsaturated/α-hetero) is 1. The van der Waals surface area contributed by atoms with Crippen LogP contribution in [0.5, 0.6) is 11.5 Å². The van der Waals surface area contributed by atoms with Gasteiger partial charge in [-0.1, -0.05) is 19.6 Å². The second-order valence-corrected chi connectivity index (χ2v) is 13.0. The van der Waals surface area contributed by atoms with Crippen molar-refractivity contribution in [1.29, 1.82) is 0 Å². The Morgan fingerprint density at radius 1 is 0.895 bits per heavy atom. The molecule has 2 aromatic rings. The summed E-state index contributed by atoms with van der Waals surface area (Å²) in [4.78, 5) is 15.8. The molecular formula is C32H40N2O4. The van der Waals surface area contributed by atoms with Gasteiger partial charge in [-0.2, -0.15) is 0 Å². The molecule has 6 nitrogen and oxygen atoms in total. The maximum absolute atomic E-state index is 13.5. The van der Waals surface area contributed by atoms with E-state index >= 15 is 0 Å². The molecule has 0 spiro atoms. The van der Waals surface area contributed by atoms with Crippen LogP contribution in [0.4, 0.5) is 5.69 Å². The van der Waals surface area contributed by atoms with Crippen LogP contribution in [0.25, 0.3) is 11.1 Å². The number of ketones is 1. The van der Waals surface area contributed by atoms with Gasteiger partial charge in [0.05, 0.1) is 11.5 Å². The molecule has 0 amide bonds. The van der Waals surface area contributed by atoms with Gasteiger partial charge >= 0.3 is 0 Å². The maximum atomic E-state index is 13.5. The van der Waals surface area contributed by atoms with Gasteiger partial charge in [0.25, 0.3) is 0 Å². The summed E-state index contributed by atoms with van der Waals surface area (Å²) < 4.78 is 2.28. The maximum Gasteiger partial charge on any atom is 0.208 e. The highest BCUT2D eigenvalue weighted by Crippen LogP contribution is 2.50. The summed E-state index contributed by atoms with van der Waals surface area (Å²) in [6.07, 6.45) is 0. The minimum atomic E-state index is -0.436. The van der Waals surface area contributed by atoms with Crippen molar-refractivity contribution in [2.24, 2.45) is 0 Å². The summed E-state index contributed by atoms with van der Waals surface area (Å²) in [6.45, 7) is 21.4. The number of hydrogen-bond donors (Lipinski definition) is 2. The Bertz CT molecular complexity index is 1560. The number of phenolic OH excluding ortho intramolecular Hbond substituents is 2. The Balaban J connectivity index is 1.71. The molecule has 0 saturated carbocycles. The average Bonchev–Trinajstić information content (AvgIpc) is 3.12. The Labute approximate surface area is 225 Å². The zero-order valence-corrected chi connectivity index (χ0v) is 24.2. The number of nitrogens with zero attached hydrogens (tertiary/aromatic N) is 2. The summed E-state index contributed by atoms with van der Waals surface area (Å²) in [5.41, 5.74) is 2.75. The van der Waals surface area contributed by atoms with E-state index in [1.807, 2.05) is 12.1 Å². The monoisotopic (exact) mass is 516 g/mol. The second kappa shape index (κ2) is 8.11. The lowest BCUT2D eigenvalue weighted by atomic mass is 9.76. The summed E-state index contributed by atoms with van der Waals surface area (Å²) in [7, 11) is 0. The highest BCUT2D eigenvalue weighted by molar-refractivity contribution is 6.51. The van der Waals surface area contributed by atoms with E-state index < -0.39 is 11.5 Å². The number of allylic oxidation sites excluding steroid dienone is 2. The van der Waals surface area contributed by atoms with Crippen LogP contribution in [0.2, 0.25) is 0 Å². The number of fused-ring (bicyclic) bond motifs is 2. The predicted octanol–water partition coefficient (Wildman–Crippen LogP) is 3.08. The number of carbonyl (C=O) groups is 1. The average molecular weight is 517 g/mol. The van der Waals surface area contributed by atoms with Gasteiger partial charge in [0, 0.05) is 56.7 Å². The Hall–Kier alpha value is -3.28. The third-order valence-electron chi connectivity index (χ3n) is 9.66. The second-order valence-electron chi connectivity index (χ2n) is 13.0. The predicted molar refractivity (Wildman–Crippen MR) is 150 cm³/mol. The molecule has 2 heterocycles. The van der Waals surface area contributed by atoms with Crippen LogP contribution in [-0.4, -0.2) is 40.2 Å². The lowest BCUT2D eigenvalue weighted by Gasteiger charge is -2.34. The van der Waals surface area contributed by atoms with Crippen LogP contribution in [0, 0.1) is 0 Å². The largest absolute Gasteiger partial charge is 0.871 e. The van der Waals surface area contributed by atoms with Gasteiger partial charge < -0.3 is 20.2 Å². The highest BCUT2D eigenvalue weighted by Gasteiger charge is 2.47. The zero-order chi connectivity index (χ0) is 28.2. The summed E-state index contributed by atoms with van der Waals surface area (Å²) in [5, 5.41) is 36.7. The van der Waals surface area contributed by atoms with E-state index in [9.17, 15) is 20.1 Å². The first kappa shape index (κ1) is 26.3. The van der Waals surface area contributed by atoms with Crippen molar-refractivity contribution in [1.82, 2.24) is 4.58 Å². The number of aromatic hydroxyl groups is 2. The minimum Gasteiger partial charge on any atom is -0.871 e. The lowest BCUT2D eigenvalue weighted by Crippen LogP contribution is -2.42. The van der Waals surface area contributed by atoms with Crippen molar-refractivity contribution in [3.05, 3.63) is 57.3 Å². The number of phenols is 2. The molecular weight excluding hydrogens is 476 g/mol. The number of anilines is 1. The third-order valence-corrected chi connectivity index (χ3v) is 9.66. The number of rotatable bonds is 3. The standard InChI is InChI=1S/C32H40N2O4/c1-15(2)33-17(5)31(7,8)21-11-19(25(35)13-23(21)33)27-29(37)28(30(27)38)20-12-22-24(14-26(20)36)34(16(3)4)18(6)32(22,9)10/h11-18H,1-10H3,(H2,35,36,37,38). The molecule has 0 aromatic heterocycles. The Morgan fingerprint density at radius 2 is 1.53 bits per heavy atom. The highest BCUT2D eigenvalue weighted by atomic mass is 16.3. The van der Waals surface area contributed by atoms with Crippen molar-refractivity contribution >= 4 is 22.6 Å². The Kier molecular flexibility index (Phi) is 5.62. The van der Waals surface area contributed by atoms with Crippen LogP contribution in [0.15, 0.2) is 30.0 Å². The van der Waals surface area contributed by atoms with Crippen molar-refractivity contribution in [3.8, 4) is 11.5 Å². The molecule has 2 aromatic carbocycles. The van der Waals surface area contributed by atoms with Crippen LogP contribution in [-0.2, 0) is 15.6 Å². The van der Waals surface area contributed by atoms with E-state index in [1.54, 1.807) is 12.1 Å². The first-order valence-corrected chi connectivity index (χ1v) is 13.7. The van der Waals surface area contributed by atoms with E-state index in [4.69, 9.17) is 0 Å². The molecule has 0 radical (unpaired) electrons. The van der Waals surface area contributed by atoms with E-state index in [1.165, 1.54) is 0 Å². The van der Waals surface area contributed by atoms with Gasteiger partial charge in [-0.3, -0.25) is 4.79 Å². The first-order chi connectivity index (χ1) is 17.5. The fourth-order valence-electron chi connectivity index (χ4n) is 6.91. The molecule has 0 saturated heterocycles. The molecule has 2 atom stereocenters. The molecule has 5 rings (SSSR count). The van der Waals surface area contributed by atoms with E-state index in [0.717, 1.165) is 22.2 Å². The summed E-state index contributed by atoms with van der Waals surface area (Å²) in [5.74, 6) is -1.02. The van der Waals surface area contributed by atoms with Gasteiger partial charge in [-0.15, -0.1) is 0 Å². The van der Waals surface area contributed by atoms with E-state index in [-0.39, 0.29) is 68.4 Å². The van der Waals surface area contributed by atoms with Gasteiger partial charge in [-0.05, 0) is 73.1 Å². The fourth-order valence-corrected chi connectivity index (χ4v) is 6.91. The molecule has 0 bridgehead atoms. The van der Waals surface area contributed by atoms with Crippen LogP contribution in [0.1, 0.15) is 85.9 Å². The molecule has 2 aliphatic heterocycles. The van der Waals surface area contributed by atoms with Crippen LogP contribution < -0.4 is 25.2 Å². The molecule has 38 heavy (non-hydrogen) atoms. The summed E-state index contributed by atoms with van der Waals surface area (Å²) >= 11 is 0.